The van der Waals surface area contributed by atoms with Crippen LogP contribution in [0, 0.1) is 5.82 Å². The van der Waals surface area contributed by atoms with E-state index in [0.29, 0.717) is 47.2 Å². The molecule has 1 aliphatic rings. The molecule has 1 aliphatic heterocycles. The highest BCUT2D eigenvalue weighted by Gasteiger charge is 2.36. The molecule has 3 aromatic rings. The lowest BCUT2D eigenvalue weighted by Gasteiger charge is -2.22. The summed E-state index contributed by atoms with van der Waals surface area (Å²) in [6, 6.07) is 11.3. The van der Waals surface area contributed by atoms with Crippen molar-refractivity contribution in [1.29, 1.82) is 0 Å². The summed E-state index contributed by atoms with van der Waals surface area (Å²) < 4.78 is 30.1. The normalized spacial score (nSPS) is 16.3. The van der Waals surface area contributed by atoms with Gasteiger partial charge in [0.25, 0.3) is 0 Å². The van der Waals surface area contributed by atoms with Crippen molar-refractivity contribution in [2.75, 3.05) is 14.2 Å². The first-order valence-electron chi connectivity index (χ1n) is 9.19. The van der Waals surface area contributed by atoms with E-state index in [1.54, 1.807) is 55.5 Å². The van der Waals surface area contributed by atoms with Gasteiger partial charge in [-0.25, -0.2) is 4.39 Å². The predicted molar refractivity (Wildman–Crippen MR) is 102 cm³/mol. The Bertz CT molecular complexity index is 1040. The van der Waals surface area contributed by atoms with Crippen LogP contribution in [0.1, 0.15) is 30.3 Å². The second-order valence-corrected chi connectivity index (χ2v) is 6.69. The number of amides is 1. The van der Waals surface area contributed by atoms with Gasteiger partial charge in [-0.05, 0) is 30.7 Å². The second-order valence-electron chi connectivity index (χ2n) is 6.69. The third kappa shape index (κ3) is 3.65. The van der Waals surface area contributed by atoms with E-state index in [2.05, 4.69) is 10.1 Å². The van der Waals surface area contributed by atoms with Gasteiger partial charge in [-0.3, -0.25) is 4.79 Å². The number of ether oxygens (including phenoxy) is 2. The van der Waals surface area contributed by atoms with Gasteiger partial charge in [0.15, 0.2) is 11.5 Å². The lowest BCUT2D eigenvalue weighted by atomic mass is 10.1. The van der Waals surface area contributed by atoms with Crippen LogP contribution in [0.3, 0.4) is 0 Å². The van der Waals surface area contributed by atoms with E-state index in [9.17, 15) is 9.18 Å². The van der Waals surface area contributed by atoms with E-state index in [0.717, 1.165) is 0 Å². The molecule has 150 valence electrons. The quantitative estimate of drug-likeness (QED) is 0.630. The minimum Gasteiger partial charge on any atom is -0.493 e. The van der Waals surface area contributed by atoms with Crippen LogP contribution < -0.4 is 9.47 Å². The summed E-state index contributed by atoms with van der Waals surface area (Å²) in [6.45, 7) is 0.157. The van der Waals surface area contributed by atoms with Gasteiger partial charge in [-0.2, -0.15) is 4.98 Å². The topological polar surface area (TPSA) is 77.7 Å². The van der Waals surface area contributed by atoms with Crippen molar-refractivity contribution < 1.29 is 23.2 Å². The molecule has 2 heterocycles. The highest BCUT2D eigenvalue weighted by atomic mass is 19.1. The fourth-order valence-electron chi connectivity index (χ4n) is 3.46. The summed E-state index contributed by atoms with van der Waals surface area (Å²) in [6.07, 6.45) is 0.897. The Balaban J connectivity index is 1.60. The number of carbonyl (C=O) groups is 1. The van der Waals surface area contributed by atoms with Gasteiger partial charge in [0.1, 0.15) is 11.9 Å². The molecule has 8 heteroatoms. The molecule has 1 amide bonds. The first kappa shape index (κ1) is 18.9. The summed E-state index contributed by atoms with van der Waals surface area (Å²) in [7, 11) is 3.11. The molecular weight excluding hydrogens is 377 g/mol. The van der Waals surface area contributed by atoms with Gasteiger partial charge >= 0.3 is 0 Å². The fourth-order valence-corrected chi connectivity index (χ4v) is 3.46. The van der Waals surface area contributed by atoms with E-state index >= 15 is 0 Å². The zero-order valence-corrected chi connectivity index (χ0v) is 16.1. The minimum absolute atomic E-state index is 0.0656. The molecule has 1 aromatic heterocycles. The average molecular weight is 397 g/mol. The monoisotopic (exact) mass is 397 g/mol. The fraction of sp³-hybridized carbons (Fsp3) is 0.286. The molecular formula is C21H20FN3O4. The van der Waals surface area contributed by atoms with Crippen LogP contribution >= 0.6 is 0 Å². The van der Waals surface area contributed by atoms with Crippen molar-refractivity contribution in [2.24, 2.45) is 0 Å². The molecule has 1 fully saturated rings. The van der Waals surface area contributed by atoms with Gasteiger partial charge < -0.3 is 18.9 Å². The number of methoxy groups -OCH3 is 2. The summed E-state index contributed by atoms with van der Waals surface area (Å²) in [5.41, 5.74) is 1.15. The number of aromatic nitrogens is 2. The molecule has 0 radical (unpaired) electrons. The van der Waals surface area contributed by atoms with E-state index in [-0.39, 0.29) is 24.3 Å². The van der Waals surface area contributed by atoms with E-state index in [4.69, 9.17) is 14.0 Å². The van der Waals surface area contributed by atoms with E-state index in [1.807, 2.05) is 0 Å². The molecule has 4 rings (SSSR count). The molecule has 2 aromatic carbocycles. The third-order valence-corrected chi connectivity index (χ3v) is 5.00. The summed E-state index contributed by atoms with van der Waals surface area (Å²) in [5, 5.41) is 4.05. The number of likely N-dealkylation sites (tertiary alicyclic amines) is 1. The number of halogens is 1. The van der Waals surface area contributed by atoms with Gasteiger partial charge in [0.2, 0.25) is 17.6 Å². The van der Waals surface area contributed by atoms with Crippen LogP contribution in [0.15, 0.2) is 47.0 Å². The Hall–Kier alpha value is -3.42. The predicted octanol–water partition coefficient (Wildman–Crippen LogP) is 3.76. The Kier molecular flexibility index (Phi) is 5.16. The second kappa shape index (κ2) is 7.90. The van der Waals surface area contributed by atoms with Gasteiger partial charge in [0, 0.05) is 24.1 Å². The SMILES string of the molecule is COc1ccc(-c2noc(C3CCC(=O)N3Cc3ccccc3F)n2)cc1OC. The Labute approximate surface area is 167 Å². The summed E-state index contributed by atoms with van der Waals surface area (Å²) in [4.78, 5) is 18.5. The molecule has 0 spiro atoms. The molecule has 0 N–H and O–H groups in total. The lowest BCUT2D eigenvalue weighted by molar-refractivity contribution is -0.130. The zero-order chi connectivity index (χ0) is 20.4. The Morgan fingerprint density at radius 1 is 1.17 bits per heavy atom. The van der Waals surface area contributed by atoms with Crippen molar-refractivity contribution in [3.63, 3.8) is 0 Å². The van der Waals surface area contributed by atoms with Gasteiger partial charge in [0.05, 0.1) is 14.2 Å². The minimum atomic E-state index is -0.386. The molecule has 0 saturated carbocycles. The number of hydrogen-bond donors (Lipinski definition) is 0. The number of hydrogen-bond acceptors (Lipinski definition) is 6. The van der Waals surface area contributed by atoms with Gasteiger partial charge in [-0.15, -0.1) is 0 Å². The zero-order valence-electron chi connectivity index (χ0n) is 16.1. The van der Waals surface area contributed by atoms with Gasteiger partial charge in [-0.1, -0.05) is 23.4 Å². The summed E-state index contributed by atoms with van der Waals surface area (Å²) in [5.74, 6) is 1.45. The van der Waals surface area contributed by atoms with Crippen LogP contribution in [0.25, 0.3) is 11.4 Å². The van der Waals surface area contributed by atoms with Crippen molar-refractivity contribution in [3.05, 3.63) is 59.7 Å². The maximum absolute atomic E-state index is 14.0. The largest absolute Gasteiger partial charge is 0.493 e. The van der Waals surface area contributed by atoms with Crippen molar-refractivity contribution >= 4 is 5.91 Å². The lowest BCUT2D eigenvalue weighted by Crippen LogP contribution is -2.27. The van der Waals surface area contributed by atoms with Crippen molar-refractivity contribution in [3.8, 4) is 22.9 Å². The third-order valence-electron chi connectivity index (χ3n) is 5.00. The average Bonchev–Trinajstić information content (AvgIpc) is 3.36. The number of carbonyl (C=O) groups excluding carboxylic acids is 1. The number of rotatable bonds is 6. The van der Waals surface area contributed by atoms with E-state index in [1.165, 1.54) is 6.07 Å². The number of nitrogens with zero attached hydrogens (tertiary/aromatic N) is 3. The Morgan fingerprint density at radius 2 is 1.97 bits per heavy atom. The maximum atomic E-state index is 14.0. The van der Waals surface area contributed by atoms with Crippen LogP contribution in [-0.2, 0) is 11.3 Å². The molecule has 0 aliphatic carbocycles. The number of benzene rings is 2. The maximum Gasteiger partial charge on any atom is 0.249 e. The first-order valence-corrected chi connectivity index (χ1v) is 9.19. The first-order chi connectivity index (χ1) is 14.1. The smallest absolute Gasteiger partial charge is 0.249 e. The summed E-state index contributed by atoms with van der Waals surface area (Å²) >= 11 is 0. The van der Waals surface area contributed by atoms with Crippen LogP contribution in [0.5, 0.6) is 11.5 Å². The molecule has 0 bridgehead atoms. The molecule has 1 unspecified atom stereocenters. The van der Waals surface area contributed by atoms with Crippen LogP contribution in [0.4, 0.5) is 4.39 Å². The van der Waals surface area contributed by atoms with Crippen LogP contribution in [-0.4, -0.2) is 35.2 Å². The van der Waals surface area contributed by atoms with E-state index < -0.39 is 0 Å². The van der Waals surface area contributed by atoms with Crippen LogP contribution in [0.2, 0.25) is 0 Å². The highest BCUT2D eigenvalue weighted by molar-refractivity contribution is 5.79. The Morgan fingerprint density at radius 3 is 2.72 bits per heavy atom. The molecule has 1 saturated heterocycles. The molecule has 1 atom stereocenters. The standard InChI is InChI=1S/C21H20FN3O4/c1-27-17-9-7-13(11-18(17)28-2)20-23-21(29-24-20)16-8-10-19(26)25(16)12-14-5-3-4-6-15(14)22/h3-7,9,11,16H,8,10,12H2,1-2H3. The highest BCUT2D eigenvalue weighted by Crippen LogP contribution is 2.36. The van der Waals surface area contributed by atoms with Crippen molar-refractivity contribution in [2.45, 2.75) is 25.4 Å². The van der Waals surface area contributed by atoms with Crippen molar-refractivity contribution in [1.82, 2.24) is 15.0 Å². The molecule has 7 nitrogen and oxygen atoms in total. The molecule has 29 heavy (non-hydrogen) atoms.